The van der Waals surface area contributed by atoms with E-state index in [0.717, 1.165) is 16.1 Å². The van der Waals surface area contributed by atoms with Crippen molar-refractivity contribution in [2.45, 2.75) is 11.8 Å². The number of benzene rings is 3. The van der Waals surface area contributed by atoms with Crippen molar-refractivity contribution < 1.29 is 9.59 Å². The minimum absolute atomic E-state index is 0.0797. The molecule has 0 fully saturated rings. The molecule has 0 saturated carbocycles. The molecule has 0 atom stereocenters. The summed E-state index contributed by atoms with van der Waals surface area (Å²) in [6.07, 6.45) is 0. The lowest BCUT2D eigenvalue weighted by Gasteiger charge is -2.08. The van der Waals surface area contributed by atoms with Gasteiger partial charge in [-0.05, 0) is 61.0 Å². The average molecular weight is 411 g/mol. The van der Waals surface area contributed by atoms with Crippen molar-refractivity contribution in [3.8, 4) is 0 Å². The number of halogens is 1. The number of amides is 2. The van der Waals surface area contributed by atoms with Crippen molar-refractivity contribution in [1.82, 2.24) is 0 Å². The molecule has 2 N–H and O–H groups in total. The SMILES string of the molecule is Cc1cccc(NC(=O)CSc2cccc(NC(=O)c3cccc(Cl)c3)c2)c1. The molecule has 0 radical (unpaired) electrons. The Bertz CT molecular complexity index is 1010. The second-order valence-electron chi connectivity index (χ2n) is 6.20. The first-order valence-electron chi connectivity index (χ1n) is 8.66. The maximum Gasteiger partial charge on any atom is 0.255 e. The van der Waals surface area contributed by atoms with Crippen LogP contribution in [0.1, 0.15) is 15.9 Å². The van der Waals surface area contributed by atoms with Gasteiger partial charge < -0.3 is 10.6 Å². The highest BCUT2D eigenvalue weighted by Gasteiger charge is 2.08. The van der Waals surface area contributed by atoms with Gasteiger partial charge in [0, 0.05) is 26.9 Å². The Morgan fingerprint density at radius 1 is 0.893 bits per heavy atom. The Balaban J connectivity index is 1.57. The highest BCUT2D eigenvalue weighted by Crippen LogP contribution is 2.23. The minimum Gasteiger partial charge on any atom is -0.325 e. The fourth-order valence-electron chi connectivity index (χ4n) is 2.57. The second kappa shape index (κ2) is 9.44. The van der Waals surface area contributed by atoms with Crippen molar-refractivity contribution in [2.24, 2.45) is 0 Å². The summed E-state index contributed by atoms with van der Waals surface area (Å²) in [7, 11) is 0. The van der Waals surface area contributed by atoms with Crippen LogP contribution >= 0.6 is 23.4 Å². The molecule has 0 spiro atoms. The van der Waals surface area contributed by atoms with Crippen LogP contribution in [0.3, 0.4) is 0 Å². The van der Waals surface area contributed by atoms with Crippen LogP contribution in [-0.4, -0.2) is 17.6 Å². The molecular formula is C22H19ClN2O2S. The smallest absolute Gasteiger partial charge is 0.255 e. The van der Waals surface area contributed by atoms with E-state index in [1.165, 1.54) is 11.8 Å². The Hall–Kier alpha value is -2.76. The second-order valence-corrected chi connectivity index (χ2v) is 7.68. The van der Waals surface area contributed by atoms with Gasteiger partial charge >= 0.3 is 0 Å². The van der Waals surface area contributed by atoms with E-state index in [4.69, 9.17) is 11.6 Å². The quantitative estimate of drug-likeness (QED) is 0.517. The van der Waals surface area contributed by atoms with Crippen molar-refractivity contribution in [3.05, 3.63) is 88.9 Å². The van der Waals surface area contributed by atoms with Crippen LogP contribution in [0.2, 0.25) is 5.02 Å². The van der Waals surface area contributed by atoms with Crippen LogP contribution in [0.5, 0.6) is 0 Å². The largest absolute Gasteiger partial charge is 0.325 e. The third-order valence-corrected chi connectivity index (χ3v) is 5.08. The number of aryl methyl sites for hydroxylation is 1. The van der Waals surface area contributed by atoms with Gasteiger partial charge in [-0.2, -0.15) is 0 Å². The fourth-order valence-corrected chi connectivity index (χ4v) is 3.51. The minimum atomic E-state index is -0.234. The molecule has 0 bridgehead atoms. The number of rotatable bonds is 6. The van der Waals surface area contributed by atoms with Gasteiger partial charge in [-0.15, -0.1) is 11.8 Å². The third-order valence-electron chi connectivity index (χ3n) is 3.85. The van der Waals surface area contributed by atoms with Gasteiger partial charge in [0.15, 0.2) is 0 Å². The van der Waals surface area contributed by atoms with Crippen LogP contribution in [0.15, 0.2) is 77.7 Å². The zero-order valence-electron chi connectivity index (χ0n) is 15.2. The molecule has 0 unspecified atom stereocenters. The number of hydrogen-bond acceptors (Lipinski definition) is 3. The van der Waals surface area contributed by atoms with Gasteiger partial charge in [-0.1, -0.05) is 35.9 Å². The van der Waals surface area contributed by atoms with Crippen molar-refractivity contribution >= 4 is 46.6 Å². The third kappa shape index (κ3) is 5.87. The first kappa shape index (κ1) is 20.0. The van der Waals surface area contributed by atoms with Gasteiger partial charge in [0.25, 0.3) is 5.91 Å². The lowest BCUT2D eigenvalue weighted by atomic mass is 10.2. The Morgan fingerprint density at radius 2 is 1.61 bits per heavy atom. The molecule has 0 aliphatic carbocycles. The van der Waals surface area contributed by atoms with Crippen molar-refractivity contribution in [1.29, 1.82) is 0 Å². The van der Waals surface area contributed by atoms with Crippen LogP contribution in [-0.2, 0) is 4.79 Å². The summed E-state index contributed by atoms with van der Waals surface area (Å²) in [4.78, 5) is 25.4. The van der Waals surface area contributed by atoms with E-state index in [-0.39, 0.29) is 17.6 Å². The van der Waals surface area contributed by atoms with E-state index in [2.05, 4.69) is 10.6 Å². The Labute approximate surface area is 173 Å². The standard InChI is InChI=1S/C22H19ClN2O2S/c1-15-5-2-8-18(11-15)24-21(26)14-28-20-10-4-9-19(13-20)25-22(27)16-6-3-7-17(23)12-16/h2-13H,14H2,1H3,(H,24,26)(H,25,27). The normalized spacial score (nSPS) is 10.4. The Morgan fingerprint density at radius 3 is 2.36 bits per heavy atom. The van der Waals surface area contributed by atoms with Gasteiger partial charge in [0.05, 0.1) is 5.75 Å². The van der Waals surface area contributed by atoms with Crippen LogP contribution in [0.25, 0.3) is 0 Å². The van der Waals surface area contributed by atoms with Crippen molar-refractivity contribution in [3.63, 3.8) is 0 Å². The van der Waals surface area contributed by atoms with E-state index >= 15 is 0 Å². The summed E-state index contributed by atoms with van der Waals surface area (Å²) in [5, 5.41) is 6.24. The summed E-state index contributed by atoms with van der Waals surface area (Å²) in [6.45, 7) is 1.98. The first-order chi connectivity index (χ1) is 13.5. The molecule has 2 amide bonds. The van der Waals surface area contributed by atoms with E-state index in [9.17, 15) is 9.59 Å². The lowest BCUT2D eigenvalue weighted by Crippen LogP contribution is -2.14. The molecule has 0 aliphatic heterocycles. The highest BCUT2D eigenvalue weighted by molar-refractivity contribution is 8.00. The van der Waals surface area contributed by atoms with Gasteiger partial charge in [0.2, 0.25) is 5.91 Å². The summed E-state index contributed by atoms with van der Waals surface area (Å²) < 4.78 is 0. The summed E-state index contributed by atoms with van der Waals surface area (Å²) >= 11 is 7.34. The van der Waals surface area contributed by atoms with Gasteiger partial charge in [-0.3, -0.25) is 9.59 Å². The summed E-state index contributed by atoms with van der Waals surface area (Å²) in [5.74, 6) is -0.0367. The van der Waals surface area contributed by atoms with E-state index < -0.39 is 0 Å². The lowest BCUT2D eigenvalue weighted by molar-refractivity contribution is -0.113. The highest BCUT2D eigenvalue weighted by atomic mass is 35.5. The van der Waals surface area contributed by atoms with Crippen LogP contribution in [0.4, 0.5) is 11.4 Å². The number of anilines is 2. The maximum absolute atomic E-state index is 12.3. The fraction of sp³-hybridized carbons (Fsp3) is 0.0909. The summed E-state index contributed by atoms with van der Waals surface area (Å²) in [6, 6.07) is 21.8. The monoisotopic (exact) mass is 410 g/mol. The van der Waals surface area contributed by atoms with E-state index in [1.807, 2.05) is 49.4 Å². The van der Waals surface area contributed by atoms with Crippen LogP contribution < -0.4 is 10.6 Å². The molecule has 0 heterocycles. The van der Waals surface area contributed by atoms with Crippen LogP contribution in [0, 0.1) is 6.92 Å². The summed E-state index contributed by atoms with van der Waals surface area (Å²) in [5.41, 5.74) is 3.03. The van der Waals surface area contributed by atoms with E-state index in [0.29, 0.717) is 16.3 Å². The number of thioether (sulfide) groups is 1. The molecule has 6 heteroatoms. The maximum atomic E-state index is 12.3. The molecule has 3 rings (SSSR count). The average Bonchev–Trinajstić information content (AvgIpc) is 2.67. The topological polar surface area (TPSA) is 58.2 Å². The number of carbonyl (C=O) groups excluding carboxylic acids is 2. The van der Waals surface area contributed by atoms with Crippen molar-refractivity contribution in [2.75, 3.05) is 16.4 Å². The molecule has 0 aliphatic rings. The number of nitrogens with one attached hydrogen (secondary N) is 2. The molecule has 142 valence electrons. The zero-order valence-corrected chi connectivity index (χ0v) is 16.8. The van der Waals surface area contributed by atoms with Gasteiger partial charge in [0.1, 0.15) is 0 Å². The first-order valence-corrected chi connectivity index (χ1v) is 10.0. The number of hydrogen-bond donors (Lipinski definition) is 2. The molecular weight excluding hydrogens is 392 g/mol. The molecule has 3 aromatic carbocycles. The van der Waals surface area contributed by atoms with E-state index in [1.54, 1.807) is 30.3 Å². The molecule has 3 aromatic rings. The molecule has 28 heavy (non-hydrogen) atoms. The molecule has 4 nitrogen and oxygen atoms in total. The molecule has 0 aromatic heterocycles. The zero-order chi connectivity index (χ0) is 19.9. The predicted molar refractivity (Wildman–Crippen MR) is 116 cm³/mol. The Kier molecular flexibility index (Phi) is 6.74. The molecule has 0 saturated heterocycles. The van der Waals surface area contributed by atoms with Gasteiger partial charge in [-0.25, -0.2) is 0 Å². The number of carbonyl (C=O) groups is 2. The predicted octanol–water partition coefficient (Wildman–Crippen LogP) is 5.63.